The summed E-state index contributed by atoms with van der Waals surface area (Å²) >= 11 is 0. The number of nitrogens with zero attached hydrogens (tertiary/aromatic N) is 4. The van der Waals surface area contributed by atoms with Crippen LogP contribution in [0.15, 0.2) is 18.3 Å². The Hall–Kier alpha value is -1.46. The van der Waals surface area contributed by atoms with Crippen molar-refractivity contribution in [2.45, 2.75) is 37.6 Å². The van der Waals surface area contributed by atoms with Gasteiger partial charge < -0.3 is 14.8 Å². The average Bonchev–Trinajstić information content (AvgIpc) is 2.96. The Kier molecular flexibility index (Phi) is 3.84. The summed E-state index contributed by atoms with van der Waals surface area (Å²) < 4.78 is 2.48. The van der Waals surface area contributed by atoms with Crippen LogP contribution in [-0.2, 0) is 0 Å². The molecule has 118 valence electrons. The number of hydrogen-bond acceptors (Lipinski definition) is 4. The van der Waals surface area contributed by atoms with Crippen molar-refractivity contribution in [2.75, 3.05) is 33.2 Å². The Labute approximate surface area is 131 Å². The highest BCUT2D eigenvalue weighted by Gasteiger charge is 2.28. The molecule has 0 amide bonds. The van der Waals surface area contributed by atoms with Gasteiger partial charge in [0.2, 0.25) is 0 Å². The lowest BCUT2D eigenvalue weighted by Crippen LogP contribution is -2.33. The van der Waals surface area contributed by atoms with E-state index in [-0.39, 0.29) is 0 Å². The van der Waals surface area contributed by atoms with Gasteiger partial charge in [0.1, 0.15) is 11.3 Å². The molecule has 2 aromatic heterocycles. The molecule has 2 aromatic rings. The van der Waals surface area contributed by atoms with Crippen molar-refractivity contribution in [2.24, 2.45) is 0 Å². The monoisotopic (exact) mass is 299 g/mol. The van der Waals surface area contributed by atoms with Crippen LogP contribution >= 0.6 is 0 Å². The number of likely N-dealkylation sites (tertiary alicyclic amines) is 1. The van der Waals surface area contributed by atoms with Gasteiger partial charge in [-0.15, -0.1) is 0 Å². The molecule has 22 heavy (non-hydrogen) atoms. The van der Waals surface area contributed by atoms with E-state index >= 15 is 0 Å². The zero-order valence-corrected chi connectivity index (χ0v) is 13.3. The molecule has 0 saturated carbocycles. The first-order valence-corrected chi connectivity index (χ1v) is 8.55. The minimum Gasteiger partial charge on any atom is -0.317 e. The number of imidazole rings is 1. The minimum atomic E-state index is 0.552. The molecule has 5 heteroatoms. The third-order valence-electron chi connectivity index (χ3n) is 5.23. The predicted octanol–water partition coefficient (Wildman–Crippen LogP) is 2.17. The van der Waals surface area contributed by atoms with Gasteiger partial charge in [0.25, 0.3) is 0 Å². The molecule has 0 aliphatic carbocycles. The van der Waals surface area contributed by atoms with Crippen molar-refractivity contribution in [1.82, 2.24) is 24.8 Å². The molecule has 2 aliphatic heterocycles. The summed E-state index contributed by atoms with van der Waals surface area (Å²) in [6, 6.07) is 4.66. The van der Waals surface area contributed by atoms with Crippen LogP contribution in [0, 0.1) is 0 Å². The van der Waals surface area contributed by atoms with E-state index in [1.165, 1.54) is 44.6 Å². The second-order valence-electron chi connectivity index (χ2n) is 6.74. The van der Waals surface area contributed by atoms with Crippen molar-refractivity contribution in [3.05, 3.63) is 24.2 Å². The fraction of sp³-hybridized carbons (Fsp3) is 0.647. The van der Waals surface area contributed by atoms with Gasteiger partial charge in [0, 0.05) is 18.2 Å². The molecular weight excluding hydrogens is 274 g/mol. The fourth-order valence-corrected chi connectivity index (χ4v) is 3.93. The summed E-state index contributed by atoms with van der Waals surface area (Å²) in [6.07, 6.45) is 6.69. The maximum atomic E-state index is 5.00. The zero-order valence-electron chi connectivity index (χ0n) is 13.3. The molecule has 1 N–H and O–H groups in total. The zero-order chi connectivity index (χ0) is 14.9. The van der Waals surface area contributed by atoms with Crippen molar-refractivity contribution in [3.8, 4) is 0 Å². The number of aromatic nitrogens is 3. The Morgan fingerprint density at radius 3 is 2.68 bits per heavy atom. The summed E-state index contributed by atoms with van der Waals surface area (Å²) in [6.45, 7) is 4.55. The smallest absolute Gasteiger partial charge is 0.160 e. The molecule has 0 atom stereocenters. The third-order valence-corrected chi connectivity index (χ3v) is 5.23. The number of fused-ring (bicyclic) bond motifs is 1. The van der Waals surface area contributed by atoms with Crippen molar-refractivity contribution in [1.29, 1.82) is 0 Å². The highest BCUT2D eigenvalue weighted by Crippen LogP contribution is 2.33. The van der Waals surface area contributed by atoms with E-state index in [1.807, 2.05) is 12.3 Å². The van der Waals surface area contributed by atoms with E-state index in [1.54, 1.807) is 0 Å². The maximum Gasteiger partial charge on any atom is 0.160 e. The first-order chi connectivity index (χ1) is 10.8. The number of pyridine rings is 1. The Morgan fingerprint density at radius 2 is 1.91 bits per heavy atom. The lowest BCUT2D eigenvalue weighted by atomic mass is 9.95. The summed E-state index contributed by atoms with van der Waals surface area (Å²) in [5.74, 6) is 1.87. The van der Waals surface area contributed by atoms with Crippen LogP contribution in [0.25, 0.3) is 11.2 Å². The molecule has 0 spiro atoms. The lowest BCUT2D eigenvalue weighted by Gasteiger charge is -2.31. The van der Waals surface area contributed by atoms with Crippen LogP contribution in [0.1, 0.15) is 43.5 Å². The Bertz CT molecular complexity index is 636. The van der Waals surface area contributed by atoms with Gasteiger partial charge in [0.05, 0.1) is 0 Å². The van der Waals surface area contributed by atoms with Gasteiger partial charge in [0.15, 0.2) is 5.65 Å². The number of rotatable bonds is 2. The average molecular weight is 299 g/mol. The van der Waals surface area contributed by atoms with Crippen LogP contribution in [0.4, 0.5) is 0 Å². The normalized spacial score (nSPS) is 22.4. The third kappa shape index (κ3) is 2.52. The van der Waals surface area contributed by atoms with Gasteiger partial charge in [-0.1, -0.05) is 0 Å². The molecule has 0 radical (unpaired) electrons. The molecule has 2 saturated heterocycles. The molecule has 4 heterocycles. The van der Waals surface area contributed by atoms with Gasteiger partial charge in [-0.2, -0.15) is 0 Å². The SMILES string of the molecule is CN1CCC(c2nc3cccnc3n2C2CCNCC2)CC1. The quantitative estimate of drug-likeness (QED) is 0.923. The van der Waals surface area contributed by atoms with Crippen molar-refractivity contribution in [3.63, 3.8) is 0 Å². The summed E-state index contributed by atoms with van der Waals surface area (Å²) in [7, 11) is 2.22. The molecule has 0 bridgehead atoms. The van der Waals surface area contributed by atoms with Crippen LogP contribution in [-0.4, -0.2) is 52.7 Å². The maximum absolute atomic E-state index is 5.00. The van der Waals surface area contributed by atoms with Crippen LogP contribution in [0.2, 0.25) is 0 Å². The van der Waals surface area contributed by atoms with Gasteiger partial charge in [-0.25, -0.2) is 9.97 Å². The first kappa shape index (κ1) is 14.2. The van der Waals surface area contributed by atoms with Gasteiger partial charge >= 0.3 is 0 Å². The molecule has 2 aliphatic rings. The number of piperidine rings is 2. The first-order valence-electron chi connectivity index (χ1n) is 8.55. The highest BCUT2D eigenvalue weighted by molar-refractivity contribution is 5.71. The number of hydrogen-bond donors (Lipinski definition) is 1. The molecule has 0 aromatic carbocycles. The van der Waals surface area contributed by atoms with Gasteiger partial charge in [-0.3, -0.25) is 0 Å². The summed E-state index contributed by atoms with van der Waals surface area (Å²) in [5.41, 5.74) is 2.15. The minimum absolute atomic E-state index is 0.552. The van der Waals surface area contributed by atoms with E-state index < -0.39 is 0 Å². The molecule has 4 rings (SSSR count). The molecule has 5 nitrogen and oxygen atoms in total. The number of nitrogens with one attached hydrogen (secondary N) is 1. The summed E-state index contributed by atoms with van der Waals surface area (Å²) in [4.78, 5) is 12.1. The van der Waals surface area contributed by atoms with E-state index in [2.05, 4.69) is 32.9 Å². The van der Waals surface area contributed by atoms with E-state index in [4.69, 9.17) is 4.98 Å². The Balaban J connectivity index is 1.75. The highest BCUT2D eigenvalue weighted by atomic mass is 15.2. The second kappa shape index (κ2) is 5.97. The van der Waals surface area contributed by atoms with Crippen LogP contribution in [0.3, 0.4) is 0 Å². The van der Waals surface area contributed by atoms with Crippen molar-refractivity contribution >= 4 is 11.2 Å². The van der Waals surface area contributed by atoms with Crippen LogP contribution < -0.4 is 5.32 Å². The lowest BCUT2D eigenvalue weighted by molar-refractivity contribution is 0.244. The fourth-order valence-electron chi connectivity index (χ4n) is 3.93. The van der Waals surface area contributed by atoms with E-state index in [0.29, 0.717) is 12.0 Å². The molecule has 2 fully saturated rings. The molecular formula is C17H25N5. The van der Waals surface area contributed by atoms with Gasteiger partial charge in [-0.05, 0) is 71.0 Å². The second-order valence-corrected chi connectivity index (χ2v) is 6.74. The summed E-state index contributed by atoms with van der Waals surface area (Å²) in [5, 5.41) is 3.47. The van der Waals surface area contributed by atoms with Crippen LogP contribution in [0.5, 0.6) is 0 Å². The van der Waals surface area contributed by atoms with E-state index in [0.717, 1.165) is 24.3 Å². The van der Waals surface area contributed by atoms with E-state index in [9.17, 15) is 0 Å². The topological polar surface area (TPSA) is 46.0 Å². The largest absolute Gasteiger partial charge is 0.317 e. The Morgan fingerprint density at radius 1 is 1.14 bits per heavy atom. The predicted molar refractivity (Wildman–Crippen MR) is 88.1 cm³/mol. The van der Waals surface area contributed by atoms with Crippen molar-refractivity contribution < 1.29 is 0 Å². The standard InChI is InChI=1S/C17H25N5/c1-21-11-6-13(7-12-21)16-20-15-3-2-8-19-17(15)22(16)14-4-9-18-10-5-14/h2-3,8,13-14,18H,4-7,9-12H2,1H3. The molecule has 0 unspecified atom stereocenters.